The third-order valence-corrected chi connectivity index (χ3v) is 7.60. The minimum atomic E-state index is -0.517. The molecule has 0 atom stereocenters. The van der Waals surface area contributed by atoms with Gasteiger partial charge in [0.1, 0.15) is 11.4 Å². The maximum Gasteiger partial charge on any atom is 0.256 e. The summed E-state index contributed by atoms with van der Waals surface area (Å²) in [7, 11) is 0. The summed E-state index contributed by atoms with van der Waals surface area (Å²) in [4.78, 5) is 20.4. The quantitative estimate of drug-likeness (QED) is 0.165. The Morgan fingerprint density at radius 2 is 1.70 bits per heavy atom. The minimum absolute atomic E-state index is 0.0694. The van der Waals surface area contributed by atoms with Crippen LogP contribution in [-0.4, -0.2) is 33.2 Å². The van der Waals surface area contributed by atoms with Gasteiger partial charge in [0.05, 0.1) is 6.54 Å². The van der Waals surface area contributed by atoms with Crippen molar-refractivity contribution >= 4 is 17.6 Å². The molecule has 1 heterocycles. The van der Waals surface area contributed by atoms with Crippen LogP contribution in [0.25, 0.3) is 22.3 Å². The number of amidine groups is 2. The molecule has 1 spiro atoms. The van der Waals surface area contributed by atoms with E-state index >= 15 is 0 Å². The van der Waals surface area contributed by atoms with Gasteiger partial charge in [0.25, 0.3) is 5.91 Å². The fourth-order valence-corrected chi connectivity index (χ4v) is 5.54. The van der Waals surface area contributed by atoms with Crippen LogP contribution in [-0.2, 0) is 11.3 Å². The summed E-state index contributed by atoms with van der Waals surface area (Å²) < 4.78 is 0. The molecule has 0 saturated heterocycles. The first-order chi connectivity index (χ1) is 18.0. The van der Waals surface area contributed by atoms with Crippen molar-refractivity contribution in [3.8, 4) is 22.3 Å². The molecular formula is C31H34N4O2. The molecule has 0 radical (unpaired) electrons. The lowest BCUT2D eigenvalue weighted by atomic mass is 9.93. The third kappa shape index (κ3) is 4.88. The van der Waals surface area contributed by atoms with Gasteiger partial charge in [-0.25, -0.2) is 0 Å². The molecule has 3 aromatic rings. The van der Waals surface area contributed by atoms with Crippen LogP contribution < -0.4 is 5.73 Å². The van der Waals surface area contributed by atoms with E-state index in [4.69, 9.17) is 10.7 Å². The smallest absolute Gasteiger partial charge is 0.256 e. The van der Waals surface area contributed by atoms with E-state index in [0.29, 0.717) is 12.1 Å². The van der Waals surface area contributed by atoms with Gasteiger partial charge in [-0.05, 0) is 59.2 Å². The third-order valence-electron chi connectivity index (χ3n) is 7.60. The number of carbonyl (C=O) groups excluding carboxylic acids is 1. The Kier molecular flexibility index (Phi) is 7.08. The van der Waals surface area contributed by atoms with Gasteiger partial charge in [0.2, 0.25) is 0 Å². The summed E-state index contributed by atoms with van der Waals surface area (Å²) in [5.41, 5.74) is 11.2. The predicted molar refractivity (Wildman–Crippen MR) is 149 cm³/mol. The molecule has 1 aliphatic heterocycles. The van der Waals surface area contributed by atoms with Crippen LogP contribution in [0.1, 0.15) is 63.0 Å². The molecule has 37 heavy (non-hydrogen) atoms. The first-order valence-corrected chi connectivity index (χ1v) is 13.2. The normalized spacial score (nSPS) is 17.0. The molecule has 3 aromatic carbocycles. The van der Waals surface area contributed by atoms with Crippen LogP contribution in [0.15, 0.2) is 82.9 Å². The number of nitrogens with two attached hydrogens (primary N) is 1. The molecule has 5 rings (SSSR count). The van der Waals surface area contributed by atoms with E-state index in [9.17, 15) is 10.0 Å². The second kappa shape index (κ2) is 10.6. The molecule has 2 aliphatic rings. The van der Waals surface area contributed by atoms with E-state index in [1.54, 1.807) is 0 Å². The van der Waals surface area contributed by atoms with Crippen molar-refractivity contribution in [2.75, 3.05) is 0 Å². The summed E-state index contributed by atoms with van der Waals surface area (Å²) in [6.07, 6.45) is 6.83. The molecule has 6 heteroatoms. The number of carbonyl (C=O) groups is 1. The van der Waals surface area contributed by atoms with Gasteiger partial charge in [0, 0.05) is 12.0 Å². The van der Waals surface area contributed by atoms with Crippen LogP contribution in [0.2, 0.25) is 0 Å². The Balaban J connectivity index is 1.43. The van der Waals surface area contributed by atoms with Crippen LogP contribution >= 0.6 is 0 Å². The van der Waals surface area contributed by atoms with E-state index < -0.39 is 5.54 Å². The lowest BCUT2D eigenvalue weighted by molar-refractivity contribution is -0.131. The maximum absolute atomic E-state index is 13.5. The average Bonchev–Trinajstić information content (AvgIpc) is 3.52. The fourth-order valence-electron chi connectivity index (χ4n) is 5.54. The molecule has 0 aromatic heterocycles. The van der Waals surface area contributed by atoms with Crippen molar-refractivity contribution in [2.45, 2.75) is 64.0 Å². The summed E-state index contributed by atoms with van der Waals surface area (Å²) >= 11 is 0. The van der Waals surface area contributed by atoms with Gasteiger partial charge in [-0.3, -0.25) is 14.7 Å². The van der Waals surface area contributed by atoms with Gasteiger partial charge in [-0.2, -0.15) is 0 Å². The first-order valence-electron chi connectivity index (χ1n) is 13.2. The van der Waals surface area contributed by atoms with Crippen molar-refractivity contribution in [2.24, 2.45) is 15.9 Å². The van der Waals surface area contributed by atoms with Gasteiger partial charge in [-0.1, -0.05) is 92.0 Å². The van der Waals surface area contributed by atoms with Crippen LogP contribution in [0.4, 0.5) is 0 Å². The van der Waals surface area contributed by atoms with Gasteiger partial charge < -0.3 is 10.9 Å². The number of aliphatic imine (C=N–C) groups is 1. The first kappa shape index (κ1) is 24.8. The predicted octanol–water partition coefficient (Wildman–Crippen LogP) is 6.36. The molecule has 1 fully saturated rings. The second-order valence-corrected chi connectivity index (χ2v) is 10.1. The molecule has 6 nitrogen and oxygen atoms in total. The van der Waals surface area contributed by atoms with Crippen LogP contribution in [0, 0.1) is 0 Å². The van der Waals surface area contributed by atoms with Crippen LogP contribution in [0.3, 0.4) is 0 Å². The molecule has 3 N–H and O–H groups in total. The highest BCUT2D eigenvalue weighted by atomic mass is 16.4. The monoisotopic (exact) mass is 494 g/mol. The Morgan fingerprint density at radius 1 is 1.00 bits per heavy atom. The minimum Gasteiger partial charge on any atom is -0.409 e. The number of nitrogens with zero attached hydrogens (tertiary/aromatic N) is 3. The summed E-state index contributed by atoms with van der Waals surface area (Å²) in [5, 5.41) is 12.6. The number of unbranched alkanes of at least 4 members (excludes halogenated alkanes) is 1. The Hall–Kier alpha value is -3.93. The molecule has 1 amide bonds. The fraction of sp³-hybridized carbons (Fsp3) is 0.323. The molecule has 190 valence electrons. The zero-order valence-electron chi connectivity index (χ0n) is 21.4. The highest BCUT2D eigenvalue weighted by Crippen LogP contribution is 2.40. The molecule has 0 unspecified atom stereocenters. The Labute approximate surface area is 218 Å². The zero-order chi connectivity index (χ0) is 25.8. The van der Waals surface area contributed by atoms with Crippen molar-refractivity contribution in [3.05, 3.63) is 83.9 Å². The maximum atomic E-state index is 13.5. The number of rotatable bonds is 8. The molecule has 1 saturated carbocycles. The molecular weight excluding hydrogens is 460 g/mol. The van der Waals surface area contributed by atoms with Crippen LogP contribution in [0.5, 0.6) is 0 Å². The highest BCUT2D eigenvalue weighted by molar-refractivity contribution is 6.08. The number of benzene rings is 3. The average molecular weight is 495 g/mol. The number of amides is 1. The van der Waals surface area contributed by atoms with E-state index in [1.807, 2.05) is 47.4 Å². The van der Waals surface area contributed by atoms with Crippen molar-refractivity contribution in [1.29, 1.82) is 0 Å². The SMILES string of the molecule is CCCCC1=NC2(CCCC2)C(=O)N1Cc1ccc(-c2cc(-c3ccccc3)ccc2/C(N)=N/O)cc1. The molecule has 0 bridgehead atoms. The Morgan fingerprint density at radius 3 is 2.38 bits per heavy atom. The van der Waals surface area contributed by atoms with Gasteiger partial charge in [0.15, 0.2) is 5.84 Å². The summed E-state index contributed by atoms with van der Waals surface area (Å²) in [6, 6.07) is 24.3. The lowest BCUT2D eigenvalue weighted by Gasteiger charge is -2.23. The van der Waals surface area contributed by atoms with Gasteiger partial charge >= 0.3 is 0 Å². The van der Waals surface area contributed by atoms with Crippen molar-refractivity contribution in [3.63, 3.8) is 0 Å². The highest BCUT2D eigenvalue weighted by Gasteiger charge is 2.49. The number of oxime groups is 1. The van der Waals surface area contributed by atoms with Crippen molar-refractivity contribution in [1.82, 2.24) is 4.90 Å². The van der Waals surface area contributed by atoms with Gasteiger partial charge in [-0.15, -0.1) is 0 Å². The lowest BCUT2D eigenvalue weighted by Crippen LogP contribution is -2.40. The second-order valence-electron chi connectivity index (χ2n) is 10.1. The topological polar surface area (TPSA) is 91.3 Å². The largest absolute Gasteiger partial charge is 0.409 e. The molecule has 1 aliphatic carbocycles. The summed E-state index contributed by atoms with van der Waals surface area (Å²) in [6.45, 7) is 2.70. The number of hydrogen-bond acceptors (Lipinski definition) is 4. The van der Waals surface area contributed by atoms with E-state index in [2.05, 4.69) is 42.4 Å². The van der Waals surface area contributed by atoms with Crippen molar-refractivity contribution < 1.29 is 10.0 Å². The van der Waals surface area contributed by atoms with E-state index in [0.717, 1.165) is 78.6 Å². The number of hydrogen-bond donors (Lipinski definition) is 2. The zero-order valence-corrected chi connectivity index (χ0v) is 21.4. The summed E-state index contributed by atoms with van der Waals surface area (Å²) in [5.74, 6) is 1.19. The van der Waals surface area contributed by atoms with E-state index in [-0.39, 0.29) is 11.7 Å². The van der Waals surface area contributed by atoms with E-state index in [1.165, 1.54) is 0 Å². The Bertz CT molecular complexity index is 1320. The standard InChI is InChI=1S/C31H34N4O2/c1-2-3-11-28-33-31(18-7-8-19-31)30(36)35(28)21-22-12-14-24(15-13-22)27-20-25(23-9-5-4-6-10-23)16-17-26(27)29(32)34-37/h4-6,9-10,12-17,20,37H,2-3,7-8,11,18-19,21H2,1H3,(H2,32,34).